The number of benzene rings is 7. The Bertz CT molecular complexity index is 2970. The van der Waals surface area contributed by atoms with Gasteiger partial charge in [-0.3, -0.25) is 0 Å². The number of hydrogen-bond donors (Lipinski definition) is 0. The molecule has 5 fully saturated rings. The second kappa shape index (κ2) is 14.6. The van der Waals surface area contributed by atoms with E-state index in [-0.39, 0.29) is 10.8 Å². The Kier molecular flexibility index (Phi) is 8.68. The molecule has 7 aromatic carbocycles. The number of para-hydroxylation sites is 2. The first kappa shape index (κ1) is 39.3. The van der Waals surface area contributed by atoms with Crippen LogP contribution >= 0.6 is 0 Å². The largest absolute Gasteiger partial charge is 0.310 e. The van der Waals surface area contributed by atoms with Crippen LogP contribution in [0.4, 0.5) is 34.1 Å². The number of fused-ring (bicyclic) bond motifs is 5. The Morgan fingerprint density at radius 1 is 0.439 bits per heavy atom. The standard InChI is InChI=1S/C64H62N2/c1-62(2)56-24-12-11-23-54(56)55-32-31-53(38-57(55)62)66(51-21-7-4-8-22-51)59-26-14-16-46-37-49-18-10-9-17-48-36-45-15-13-25-58(60(45)64(48,49)61(46)59)65(50-19-5-3-6-20-50)52-29-27-47(28-30-52)63-39-42-33-43(40-63)35-44(34-42)41-63/h3-8,11-16,19-32,38,42-44,48-49H,9-10,17-18,33-37,39-41H2,1-2H3. The molecule has 0 N–H and O–H groups in total. The molecule has 3 atom stereocenters. The molecule has 2 heteroatoms. The highest BCUT2D eigenvalue weighted by atomic mass is 15.2. The topological polar surface area (TPSA) is 6.48 Å². The fraction of sp³-hybridized carbons (Fsp3) is 0.344. The summed E-state index contributed by atoms with van der Waals surface area (Å²) in [6.07, 6.45) is 16.1. The molecule has 0 aliphatic heterocycles. The summed E-state index contributed by atoms with van der Waals surface area (Å²) in [6.45, 7) is 4.83. The Morgan fingerprint density at radius 2 is 0.924 bits per heavy atom. The molecule has 0 radical (unpaired) electrons. The summed E-state index contributed by atoms with van der Waals surface area (Å²) in [7, 11) is 0. The Morgan fingerprint density at radius 3 is 1.50 bits per heavy atom. The average Bonchev–Trinajstić information content (AvgIpc) is 3.89. The normalized spacial score (nSPS) is 27.8. The predicted molar refractivity (Wildman–Crippen MR) is 273 cm³/mol. The Balaban J connectivity index is 0.963. The van der Waals surface area contributed by atoms with E-state index in [1.165, 1.54) is 121 Å². The zero-order chi connectivity index (χ0) is 43.8. The van der Waals surface area contributed by atoms with Gasteiger partial charge in [-0.25, -0.2) is 0 Å². The second-order valence-electron chi connectivity index (χ2n) is 22.6. The zero-order valence-electron chi connectivity index (χ0n) is 38.9. The third-order valence-electron chi connectivity index (χ3n) is 18.8. The molecule has 8 aliphatic carbocycles. The van der Waals surface area contributed by atoms with Crippen LogP contribution in [-0.4, -0.2) is 0 Å². The van der Waals surface area contributed by atoms with Gasteiger partial charge in [0.1, 0.15) is 0 Å². The van der Waals surface area contributed by atoms with Crippen molar-refractivity contribution < 1.29 is 0 Å². The first-order valence-corrected chi connectivity index (χ1v) is 25.7. The quantitative estimate of drug-likeness (QED) is 0.158. The molecule has 0 heterocycles. The molecule has 1 spiro atoms. The van der Waals surface area contributed by atoms with E-state index >= 15 is 0 Å². The minimum atomic E-state index is -0.125. The SMILES string of the molecule is CC1(C)c2ccccc2-c2ccc(N(c3ccccc3)c3cccc4c3C35c6c(cccc6N(c6ccccc6)c6ccc(C78CC9CC(CC(C9)C7)C8)cc6)CC3CCCCC5C4)cc21. The Labute approximate surface area is 392 Å². The van der Waals surface area contributed by atoms with E-state index in [1.807, 2.05) is 0 Å². The van der Waals surface area contributed by atoms with Gasteiger partial charge >= 0.3 is 0 Å². The molecular weight excluding hydrogens is 797 g/mol. The van der Waals surface area contributed by atoms with Gasteiger partial charge in [0.15, 0.2) is 0 Å². The smallest absolute Gasteiger partial charge is 0.0505 e. The van der Waals surface area contributed by atoms with Crippen molar-refractivity contribution in [2.24, 2.45) is 29.6 Å². The molecule has 2 nitrogen and oxygen atoms in total. The highest BCUT2D eigenvalue weighted by Crippen LogP contribution is 2.67. The summed E-state index contributed by atoms with van der Waals surface area (Å²) in [4.78, 5) is 5.31. The molecule has 4 bridgehead atoms. The summed E-state index contributed by atoms with van der Waals surface area (Å²) in [5, 5.41) is 0. The van der Waals surface area contributed by atoms with Crippen LogP contribution in [0.25, 0.3) is 11.1 Å². The summed E-state index contributed by atoms with van der Waals surface area (Å²) < 4.78 is 0. The van der Waals surface area contributed by atoms with Crippen LogP contribution in [0.15, 0.2) is 164 Å². The summed E-state index contributed by atoms with van der Waals surface area (Å²) in [6, 6.07) is 64.0. The van der Waals surface area contributed by atoms with Crippen molar-refractivity contribution in [3.05, 3.63) is 203 Å². The lowest BCUT2D eigenvalue weighted by Crippen LogP contribution is -2.48. The monoisotopic (exact) mass is 858 g/mol. The fourth-order valence-electron chi connectivity index (χ4n) is 16.7. The molecule has 66 heavy (non-hydrogen) atoms. The van der Waals surface area contributed by atoms with E-state index in [1.54, 1.807) is 27.8 Å². The minimum Gasteiger partial charge on any atom is -0.310 e. The first-order chi connectivity index (χ1) is 32.4. The van der Waals surface area contributed by atoms with Gasteiger partial charge in [-0.05, 0) is 210 Å². The van der Waals surface area contributed by atoms with Crippen molar-refractivity contribution in [2.75, 3.05) is 9.80 Å². The van der Waals surface area contributed by atoms with Crippen LogP contribution in [0.5, 0.6) is 0 Å². The molecule has 8 aliphatic rings. The van der Waals surface area contributed by atoms with E-state index < -0.39 is 0 Å². The fourth-order valence-corrected chi connectivity index (χ4v) is 16.7. The zero-order valence-corrected chi connectivity index (χ0v) is 38.9. The maximum absolute atomic E-state index is 2.66. The van der Waals surface area contributed by atoms with Crippen molar-refractivity contribution in [1.82, 2.24) is 0 Å². The van der Waals surface area contributed by atoms with E-state index in [4.69, 9.17) is 0 Å². The molecule has 5 saturated carbocycles. The van der Waals surface area contributed by atoms with Crippen molar-refractivity contribution in [3.8, 4) is 11.1 Å². The molecule has 328 valence electrons. The third-order valence-corrected chi connectivity index (χ3v) is 18.8. The van der Waals surface area contributed by atoms with Crippen LogP contribution in [-0.2, 0) is 29.1 Å². The van der Waals surface area contributed by atoms with Gasteiger partial charge in [0, 0.05) is 33.6 Å². The molecule has 0 saturated heterocycles. The molecule has 7 aromatic rings. The van der Waals surface area contributed by atoms with Crippen LogP contribution < -0.4 is 9.80 Å². The molecule has 0 amide bonds. The summed E-state index contributed by atoms with van der Waals surface area (Å²) in [5.74, 6) is 3.88. The van der Waals surface area contributed by atoms with Gasteiger partial charge in [-0.2, -0.15) is 0 Å². The molecule has 15 rings (SSSR count). The van der Waals surface area contributed by atoms with Crippen LogP contribution in [0.2, 0.25) is 0 Å². The lowest BCUT2D eigenvalue weighted by atomic mass is 9.48. The highest BCUT2D eigenvalue weighted by Gasteiger charge is 2.60. The maximum atomic E-state index is 2.66. The lowest BCUT2D eigenvalue weighted by molar-refractivity contribution is -0.00518. The molecule has 0 aromatic heterocycles. The van der Waals surface area contributed by atoms with Gasteiger partial charge in [0.2, 0.25) is 0 Å². The summed E-state index contributed by atoms with van der Waals surface area (Å²) in [5.41, 5.74) is 21.4. The number of hydrogen-bond acceptors (Lipinski definition) is 2. The Hall–Kier alpha value is -5.86. The van der Waals surface area contributed by atoms with Crippen LogP contribution in [0.1, 0.15) is 117 Å². The average molecular weight is 859 g/mol. The second-order valence-corrected chi connectivity index (χ2v) is 22.6. The van der Waals surface area contributed by atoms with Gasteiger partial charge in [-0.1, -0.05) is 130 Å². The van der Waals surface area contributed by atoms with Crippen LogP contribution in [0, 0.1) is 29.6 Å². The van der Waals surface area contributed by atoms with E-state index in [9.17, 15) is 0 Å². The number of nitrogens with zero attached hydrogens (tertiary/aromatic N) is 2. The van der Waals surface area contributed by atoms with Crippen molar-refractivity contribution in [3.63, 3.8) is 0 Å². The van der Waals surface area contributed by atoms with E-state index in [2.05, 4.69) is 187 Å². The van der Waals surface area contributed by atoms with Gasteiger partial charge in [0.05, 0.1) is 11.4 Å². The highest BCUT2D eigenvalue weighted by molar-refractivity contribution is 5.89. The van der Waals surface area contributed by atoms with Gasteiger partial charge in [0.25, 0.3) is 0 Å². The minimum absolute atomic E-state index is 0.0905. The van der Waals surface area contributed by atoms with Crippen molar-refractivity contribution in [1.29, 1.82) is 0 Å². The van der Waals surface area contributed by atoms with E-state index in [0.717, 1.165) is 30.6 Å². The van der Waals surface area contributed by atoms with Gasteiger partial charge < -0.3 is 9.80 Å². The molecule has 3 unspecified atom stereocenters. The lowest BCUT2D eigenvalue weighted by Gasteiger charge is -2.57. The third kappa shape index (κ3) is 5.60. The van der Waals surface area contributed by atoms with E-state index in [0.29, 0.717) is 17.3 Å². The van der Waals surface area contributed by atoms with Crippen molar-refractivity contribution >= 4 is 34.1 Å². The van der Waals surface area contributed by atoms with Gasteiger partial charge in [-0.15, -0.1) is 0 Å². The number of anilines is 6. The predicted octanol–water partition coefficient (Wildman–Crippen LogP) is 16.6. The first-order valence-electron chi connectivity index (χ1n) is 25.7. The summed E-state index contributed by atoms with van der Waals surface area (Å²) >= 11 is 0. The van der Waals surface area contributed by atoms with Crippen molar-refractivity contribution in [2.45, 2.75) is 107 Å². The van der Waals surface area contributed by atoms with Crippen LogP contribution in [0.3, 0.4) is 0 Å². The maximum Gasteiger partial charge on any atom is 0.0505 e. The number of rotatable bonds is 7. The molecular formula is C64H62N2.